The summed E-state index contributed by atoms with van der Waals surface area (Å²) in [6.45, 7) is 0.0906. The zero-order valence-corrected chi connectivity index (χ0v) is 10.8. The Bertz CT molecular complexity index is 667. The maximum atomic E-state index is 11.6. The van der Waals surface area contributed by atoms with Crippen molar-refractivity contribution in [3.05, 3.63) is 41.6 Å². The number of para-hydroxylation sites is 1. The predicted molar refractivity (Wildman–Crippen MR) is 73.6 cm³/mol. The summed E-state index contributed by atoms with van der Waals surface area (Å²) in [5.41, 5.74) is 1.67. The second-order valence-electron chi connectivity index (χ2n) is 3.78. The number of nitrogens with one attached hydrogen (secondary N) is 1. The zero-order valence-electron chi connectivity index (χ0n) is 10.0. The average Bonchev–Trinajstić information content (AvgIpc) is 2.85. The van der Waals surface area contributed by atoms with Gasteiger partial charge in [0.2, 0.25) is 0 Å². The molecule has 0 saturated heterocycles. The van der Waals surface area contributed by atoms with Gasteiger partial charge in [-0.2, -0.15) is 5.26 Å². The largest absolute Gasteiger partial charge is 0.460 e. The summed E-state index contributed by atoms with van der Waals surface area (Å²) in [6.07, 6.45) is 3.26. The molecule has 0 radical (unpaired) electrons. The van der Waals surface area contributed by atoms with Gasteiger partial charge in [-0.05, 0) is 12.1 Å². The Hall–Kier alpha value is -2.25. The van der Waals surface area contributed by atoms with Crippen LogP contribution in [0, 0.1) is 11.3 Å². The first-order valence-electron chi connectivity index (χ1n) is 5.67. The second-order valence-corrected chi connectivity index (χ2v) is 4.16. The molecule has 96 valence electrons. The molecule has 0 aliphatic rings. The first-order valence-corrected chi connectivity index (χ1v) is 6.20. The van der Waals surface area contributed by atoms with Gasteiger partial charge in [-0.15, -0.1) is 11.6 Å². The topological polar surface area (TPSA) is 65.9 Å². The van der Waals surface area contributed by atoms with Crippen molar-refractivity contribution in [1.82, 2.24) is 4.98 Å². The van der Waals surface area contributed by atoms with E-state index in [1.165, 1.54) is 6.08 Å². The number of alkyl halides is 1. The number of nitriles is 1. The molecular weight excluding hydrogens is 264 g/mol. The van der Waals surface area contributed by atoms with Crippen LogP contribution in [0.3, 0.4) is 0 Å². The molecule has 1 N–H and O–H groups in total. The Morgan fingerprint density at radius 3 is 3.00 bits per heavy atom. The van der Waals surface area contributed by atoms with Gasteiger partial charge in [0.1, 0.15) is 18.2 Å². The molecule has 0 saturated carbocycles. The normalized spacial score (nSPS) is 11.3. The van der Waals surface area contributed by atoms with E-state index in [1.54, 1.807) is 6.20 Å². The summed E-state index contributed by atoms with van der Waals surface area (Å²) in [5.74, 6) is -0.453. The molecule has 1 aromatic heterocycles. The van der Waals surface area contributed by atoms with E-state index in [0.717, 1.165) is 16.5 Å². The number of hydrogen-bond acceptors (Lipinski definition) is 3. The summed E-state index contributed by atoms with van der Waals surface area (Å²) in [4.78, 5) is 14.7. The highest BCUT2D eigenvalue weighted by Gasteiger charge is 2.11. The van der Waals surface area contributed by atoms with Crippen molar-refractivity contribution in [3.63, 3.8) is 0 Å². The quantitative estimate of drug-likeness (QED) is 0.403. The van der Waals surface area contributed by atoms with Gasteiger partial charge in [-0.25, -0.2) is 4.79 Å². The average molecular weight is 275 g/mol. The Morgan fingerprint density at radius 2 is 2.26 bits per heavy atom. The van der Waals surface area contributed by atoms with Crippen molar-refractivity contribution < 1.29 is 9.53 Å². The number of carbonyl (C=O) groups is 1. The first-order chi connectivity index (χ1) is 9.26. The molecule has 1 aromatic carbocycles. The fraction of sp³-hybridized carbons (Fsp3) is 0.143. The van der Waals surface area contributed by atoms with Gasteiger partial charge in [0.25, 0.3) is 0 Å². The van der Waals surface area contributed by atoms with Crippen LogP contribution >= 0.6 is 11.6 Å². The Labute approximate surface area is 115 Å². The summed E-state index contributed by atoms with van der Waals surface area (Å²) in [6, 6.07) is 9.48. The highest BCUT2D eigenvalue weighted by molar-refractivity contribution is 6.18. The van der Waals surface area contributed by atoms with Crippen LogP contribution in [0.15, 0.2) is 36.0 Å². The number of rotatable bonds is 4. The van der Waals surface area contributed by atoms with E-state index in [9.17, 15) is 4.79 Å². The molecule has 2 rings (SSSR count). The Morgan fingerprint density at radius 1 is 1.47 bits per heavy atom. The van der Waals surface area contributed by atoms with Crippen LogP contribution in [-0.4, -0.2) is 23.4 Å². The molecule has 0 fully saturated rings. The SMILES string of the molecule is N#C/C(=C\c1c[nH]c2ccccc12)C(=O)OCCCl. The molecular formula is C14H11ClN2O2. The number of carbonyl (C=O) groups excluding carboxylic acids is 1. The molecule has 2 aromatic rings. The smallest absolute Gasteiger partial charge is 0.348 e. The van der Waals surface area contributed by atoms with Gasteiger partial charge in [0, 0.05) is 22.7 Å². The molecule has 0 bridgehead atoms. The standard InChI is InChI=1S/C14H11ClN2O2/c15-5-6-19-14(18)10(8-16)7-11-9-17-13-4-2-1-3-12(11)13/h1-4,7,9,17H,5-6H2/b10-7+. The maximum absolute atomic E-state index is 11.6. The van der Waals surface area contributed by atoms with Gasteiger partial charge in [-0.1, -0.05) is 18.2 Å². The monoisotopic (exact) mass is 274 g/mol. The molecule has 5 heteroatoms. The van der Waals surface area contributed by atoms with Crippen molar-refractivity contribution in [3.8, 4) is 6.07 Å². The van der Waals surface area contributed by atoms with E-state index in [1.807, 2.05) is 30.3 Å². The van der Waals surface area contributed by atoms with Crippen LogP contribution in [0.1, 0.15) is 5.56 Å². The number of hydrogen-bond donors (Lipinski definition) is 1. The minimum atomic E-state index is -0.659. The van der Waals surface area contributed by atoms with Crippen molar-refractivity contribution in [2.24, 2.45) is 0 Å². The molecule has 0 unspecified atom stereocenters. The fourth-order valence-corrected chi connectivity index (χ4v) is 1.79. The predicted octanol–water partition coefficient (Wildman–Crippen LogP) is 2.86. The molecule has 4 nitrogen and oxygen atoms in total. The molecule has 0 atom stereocenters. The number of benzene rings is 1. The second kappa shape index (κ2) is 6.07. The first kappa shape index (κ1) is 13.2. The lowest BCUT2D eigenvalue weighted by atomic mass is 10.1. The van der Waals surface area contributed by atoms with Gasteiger partial charge in [-0.3, -0.25) is 0 Å². The maximum Gasteiger partial charge on any atom is 0.348 e. The van der Waals surface area contributed by atoms with Gasteiger partial charge >= 0.3 is 5.97 Å². The lowest BCUT2D eigenvalue weighted by Crippen LogP contribution is -2.08. The van der Waals surface area contributed by atoms with Gasteiger partial charge in [0.15, 0.2) is 0 Å². The third-order valence-electron chi connectivity index (χ3n) is 2.57. The Balaban J connectivity index is 2.33. The van der Waals surface area contributed by atoms with Crippen LogP contribution in [0.5, 0.6) is 0 Å². The third kappa shape index (κ3) is 2.95. The van der Waals surface area contributed by atoms with Crippen LogP contribution in [0.2, 0.25) is 0 Å². The fourth-order valence-electron chi connectivity index (χ4n) is 1.71. The minimum absolute atomic E-state index is 0.0464. The molecule has 1 heterocycles. The number of ether oxygens (including phenoxy) is 1. The molecule has 0 spiro atoms. The van der Waals surface area contributed by atoms with E-state index in [2.05, 4.69) is 4.98 Å². The van der Waals surface area contributed by atoms with E-state index in [-0.39, 0.29) is 18.1 Å². The lowest BCUT2D eigenvalue weighted by Gasteiger charge is -2.00. The van der Waals surface area contributed by atoms with E-state index in [0.29, 0.717) is 0 Å². The number of H-pyrrole nitrogens is 1. The van der Waals surface area contributed by atoms with Crippen molar-refractivity contribution in [2.45, 2.75) is 0 Å². The number of fused-ring (bicyclic) bond motifs is 1. The number of esters is 1. The third-order valence-corrected chi connectivity index (χ3v) is 2.73. The summed E-state index contributed by atoms with van der Waals surface area (Å²) in [5, 5.41) is 9.95. The molecule has 0 aliphatic heterocycles. The summed E-state index contributed by atoms with van der Waals surface area (Å²) >= 11 is 5.43. The number of aromatic nitrogens is 1. The van der Waals surface area contributed by atoms with Gasteiger partial charge in [0.05, 0.1) is 5.88 Å². The highest BCUT2D eigenvalue weighted by atomic mass is 35.5. The van der Waals surface area contributed by atoms with E-state index in [4.69, 9.17) is 21.6 Å². The van der Waals surface area contributed by atoms with Crippen LogP contribution in [0.4, 0.5) is 0 Å². The number of halogens is 1. The van der Waals surface area contributed by atoms with Crippen LogP contribution in [-0.2, 0) is 9.53 Å². The summed E-state index contributed by atoms with van der Waals surface area (Å²) < 4.78 is 4.83. The number of nitrogens with zero attached hydrogens (tertiary/aromatic N) is 1. The van der Waals surface area contributed by atoms with Crippen LogP contribution in [0.25, 0.3) is 17.0 Å². The number of aromatic amines is 1. The van der Waals surface area contributed by atoms with Crippen molar-refractivity contribution >= 4 is 34.5 Å². The molecule has 19 heavy (non-hydrogen) atoms. The van der Waals surface area contributed by atoms with E-state index < -0.39 is 5.97 Å². The minimum Gasteiger partial charge on any atom is -0.460 e. The highest BCUT2D eigenvalue weighted by Crippen LogP contribution is 2.20. The van der Waals surface area contributed by atoms with Gasteiger partial charge < -0.3 is 9.72 Å². The lowest BCUT2D eigenvalue weighted by molar-refractivity contribution is -0.137. The van der Waals surface area contributed by atoms with Crippen LogP contribution < -0.4 is 0 Å². The molecule has 0 aliphatic carbocycles. The zero-order chi connectivity index (χ0) is 13.7. The summed E-state index contributed by atoms with van der Waals surface area (Å²) in [7, 11) is 0. The molecule has 0 amide bonds. The van der Waals surface area contributed by atoms with Crippen molar-refractivity contribution in [2.75, 3.05) is 12.5 Å². The van der Waals surface area contributed by atoms with Crippen molar-refractivity contribution in [1.29, 1.82) is 5.26 Å². The van der Waals surface area contributed by atoms with E-state index >= 15 is 0 Å². The Kier molecular flexibility index (Phi) is 4.22.